The first-order chi connectivity index (χ1) is 16.8. The predicted octanol–water partition coefficient (Wildman–Crippen LogP) is 2.00. The average molecular weight is 487 g/mol. The van der Waals surface area contributed by atoms with Crippen LogP contribution in [0.1, 0.15) is 25.7 Å². The first-order valence-electron chi connectivity index (χ1n) is 11.6. The lowest BCUT2D eigenvalue weighted by Gasteiger charge is -2.36. The fourth-order valence-corrected chi connectivity index (χ4v) is 4.34. The number of hydrogen-bond donors (Lipinski definition) is 3. The molecule has 2 fully saturated rings. The van der Waals surface area contributed by atoms with Gasteiger partial charge in [-0.3, -0.25) is 9.78 Å². The molecular formula is C25H31FN4O5. The second kappa shape index (κ2) is 10.5. The van der Waals surface area contributed by atoms with Gasteiger partial charge in [0.05, 0.1) is 17.3 Å². The molecule has 0 unspecified atom stereocenters. The van der Waals surface area contributed by atoms with E-state index in [2.05, 4.69) is 16.9 Å². The molecule has 0 spiro atoms. The Morgan fingerprint density at radius 3 is 2.80 bits per heavy atom. The molecular weight excluding hydrogens is 455 g/mol. The SMILES string of the molecule is C=C(/C=C1/OCCO/C1=C/N)CNC1CCC(O)(COc2c(F)cnc3ccc(=O)n(C)c23)CC1. The molecule has 188 valence electrons. The van der Waals surface area contributed by atoms with Crippen LogP contribution in [0.4, 0.5) is 4.39 Å². The van der Waals surface area contributed by atoms with E-state index >= 15 is 0 Å². The van der Waals surface area contributed by atoms with E-state index in [1.807, 2.05) is 0 Å². The summed E-state index contributed by atoms with van der Waals surface area (Å²) >= 11 is 0. The van der Waals surface area contributed by atoms with Gasteiger partial charge in [-0.25, -0.2) is 4.39 Å². The molecule has 4 rings (SSSR count). The van der Waals surface area contributed by atoms with Gasteiger partial charge in [0.2, 0.25) is 0 Å². The van der Waals surface area contributed by atoms with Crippen molar-refractivity contribution in [2.24, 2.45) is 12.8 Å². The smallest absolute Gasteiger partial charge is 0.250 e. The van der Waals surface area contributed by atoms with Crippen LogP contribution >= 0.6 is 0 Å². The maximum atomic E-state index is 14.5. The summed E-state index contributed by atoms with van der Waals surface area (Å²) in [4.78, 5) is 16.0. The highest BCUT2D eigenvalue weighted by atomic mass is 19.1. The van der Waals surface area contributed by atoms with Gasteiger partial charge < -0.3 is 34.9 Å². The van der Waals surface area contributed by atoms with E-state index in [0.717, 1.165) is 24.6 Å². The Morgan fingerprint density at radius 2 is 2.09 bits per heavy atom. The van der Waals surface area contributed by atoms with Crippen molar-refractivity contribution in [3.8, 4) is 5.75 Å². The molecule has 0 radical (unpaired) electrons. The van der Waals surface area contributed by atoms with Crippen molar-refractivity contribution >= 4 is 11.0 Å². The Kier molecular flexibility index (Phi) is 7.42. The van der Waals surface area contributed by atoms with E-state index in [0.29, 0.717) is 49.6 Å². The quantitative estimate of drug-likeness (QED) is 0.544. The zero-order valence-corrected chi connectivity index (χ0v) is 19.8. The van der Waals surface area contributed by atoms with Crippen LogP contribution < -0.4 is 21.3 Å². The number of ether oxygens (including phenoxy) is 3. The third kappa shape index (κ3) is 5.66. The van der Waals surface area contributed by atoms with Gasteiger partial charge in [0.1, 0.15) is 25.3 Å². The topological polar surface area (TPSA) is 121 Å². The number of rotatable bonds is 7. The minimum atomic E-state index is -1.10. The molecule has 2 aromatic rings. The summed E-state index contributed by atoms with van der Waals surface area (Å²) in [5, 5.41) is 14.5. The third-order valence-corrected chi connectivity index (χ3v) is 6.39. The predicted molar refractivity (Wildman–Crippen MR) is 129 cm³/mol. The molecule has 3 heterocycles. The molecule has 0 atom stereocenters. The Labute approximate surface area is 202 Å². The molecule has 0 bridgehead atoms. The van der Waals surface area contributed by atoms with E-state index in [4.69, 9.17) is 19.9 Å². The lowest BCUT2D eigenvalue weighted by molar-refractivity contribution is -0.0398. The molecule has 1 aliphatic heterocycles. The number of aliphatic hydroxyl groups is 1. The molecule has 10 heteroatoms. The van der Waals surface area contributed by atoms with Gasteiger partial charge in [-0.1, -0.05) is 6.58 Å². The number of aryl methyl sites for hydroxylation is 1. The van der Waals surface area contributed by atoms with Gasteiger partial charge in [0.15, 0.2) is 23.1 Å². The lowest BCUT2D eigenvalue weighted by atomic mass is 9.82. The van der Waals surface area contributed by atoms with Crippen molar-refractivity contribution < 1.29 is 23.7 Å². The van der Waals surface area contributed by atoms with Crippen LogP contribution in [-0.4, -0.2) is 52.7 Å². The number of fused-ring (bicyclic) bond motifs is 1. The van der Waals surface area contributed by atoms with Crippen LogP contribution in [0, 0.1) is 5.82 Å². The summed E-state index contributed by atoms with van der Waals surface area (Å²) in [6.45, 7) is 5.45. The highest BCUT2D eigenvalue weighted by Gasteiger charge is 2.34. The molecule has 2 aromatic heterocycles. The van der Waals surface area contributed by atoms with E-state index in [1.54, 1.807) is 6.08 Å². The van der Waals surface area contributed by atoms with E-state index in [9.17, 15) is 14.3 Å². The molecule has 1 aliphatic carbocycles. The summed E-state index contributed by atoms with van der Waals surface area (Å²) < 4.78 is 32.6. The minimum Gasteiger partial charge on any atom is -0.486 e. The number of pyridine rings is 2. The van der Waals surface area contributed by atoms with Gasteiger partial charge in [0.25, 0.3) is 5.56 Å². The van der Waals surface area contributed by atoms with Crippen molar-refractivity contribution in [1.82, 2.24) is 14.9 Å². The van der Waals surface area contributed by atoms with E-state index in [1.165, 1.54) is 29.9 Å². The maximum Gasteiger partial charge on any atom is 0.250 e. The molecule has 1 saturated heterocycles. The fraction of sp³-hybridized carbons (Fsp3) is 0.440. The van der Waals surface area contributed by atoms with Crippen LogP contribution in [-0.2, 0) is 16.5 Å². The highest BCUT2D eigenvalue weighted by Crippen LogP contribution is 2.32. The number of halogens is 1. The van der Waals surface area contributed by atoms with E-state index < -0.39 is 11.4 Å². The molecule has 35 heavy (non-hydrogen) atoms. The molecule has 0 amide bonds. The second-order valence-electron chi connectivity index (χ2n) is 8.96. The molecule has 2 aliphatic rings. The monoisotopic (exact) mass is 486 g/mol. The summed E-state index contributed by atoms with van der Waals surface area (Å²) in [7, 11) is 1.54. The van der Waals surface area contributed by atoms with Crippen LogP contribution in [0.3, 0.4) is 0 Å². The largest absolute Gasteiger partial charge is 0.486 e. The Hall–Kier alpha value is -3.37. The van der Waals surface area contributed by atoms with Gasteiger partial charge in [0, 0.05) is 31.9 Å². The summed E-state index contributed by atoms with van der Waals surface area (Å²) in [6.07, 6.45) is 6.64. The maximum absolute atomic E-state index is 14.5. The standard InChI is InChI=1S/C25H31FN4O5/c1-16(11-20-21(12-27)34-10-9-33-20)13-28-17-5-7-25(32,8-6-17)15-35-24-18(26)14-29-19-3-4-22(31)30(2)23(19)24/h3-4,11-12,14,17,28,32H,1,5-10,13,15,27H2,2H3/b20-11+,21-12+. The minimum absolute atomic E-state index is 0.0759. The van der Waals surface area contributed by atoms with Gasteiger partial charge in [-0.05, 0) is 43.4 Å². The molecule has 4 N–H and O–H groups in total. The first kappa shape index (κ1) is 24.7. The average Bonchev–Trinajstić information content (AvgIpc) is 2.86. The van der Waals surface area contributed by atoms with Crippen LogP contribution in [0.15, 0.2) is 59.1 Å². The van der Waals surface area contributed by atoms with Crippen molar-refractivity contribution in [1.29, 1.82) is 0 Å². The third-order valence-electron chi connectivity index (χ3n) is 6.39. The second-order valence-corrected chi connectivity index (χ2v) is 8.96. The summed E-state index contributed by atoms with van der Waals surface area (Å²) in [5.41, 5.74) is 5.71. The zero-order chi connectivity index (χ0) is 25.0. The van der Waals surface area contributed by atoms with Crippen molar-refractivity contribution in [3.05, 3.63) is 70.4 Å². The summed E-state index contributed by atoms with van der Waals surface area (Å²) in [6, 6.07) is 3.09. The van der Waals surface area contributed by atoms with Crippen LogP contribution in [0.5, 0.6) is 5.75 Å². The fourth-order valence-electron chi connectivity index (χ4n) is 4.34. The van der Waals surface area contributed by atoms with Gasteiger partial charge in [-0.2, -0.15) is 0 Å². The number of nitrogens with two attached hydrogens (primary N) is 1. The summed E-state index contributed by atoms with van der Waals surface area (Å²) in [5.74, 6) is 0.311. The van der Waals surface area contributed by atoms with Gasteiger partial charge in [-0.15, -0.1) is 0 Å². The van der Waals surface area contributed by atoms with Crippen LogP contribution in [0.2, 0.25) is 0 Å². The van der Waals surface area contributed by atoms with Crippen molar-refractivity contribution in [2.75, 3.05) is 26.4 Å². The first-order valence-corrected chi connectivity index (χ1v) is 11.6. The normalized spacial score (nSPS) is 24.8. The Morgan fingerprint density at radius 1 is 1.37 bits per heavy atom. The molecule has 9 nitrogen and oxygen atoms in total. The number of nitrogens with one attached hydrogen (secondary N) is 1. The molecule has 1 saturated carbocycles. The van der Waals surface area contributed by atoms with E-state index in [-0.39, 0.29) is 29.5 Å². The number of hydrogen-bond acceptors (Lipinski definition) is 8. The number of aromatic nitrogens is 2. The Bertz CT molecular complexity index is 1210. The van der Waals surface area contributed by atoms with Gasteiger partial charge >= 0.3 is 0 Å². The zero-order valence-electron chi connectivity index (χ0n) is 19.8. The van der Waals surface area contributed by atoms with Crippen LogP contribution in [0.25, 0.3) is 11.0 Å². The highest BCUT2D eigenvalue weighted by molar-refractivity contribution is 5.81. The Balaban J connectivity index is 1.32. The van der Waals surface area contributed by atoms with Crippen molar-refractivity contribution in [3.63, 3.8) is 0 Å². The molecule has 0 aromatic carbocycles. The lowest BCUT2D eigenvalue weighted by Crippen LogP contribution is -2.45. The van der Waals surface area contributed by atoms with Crippen molar-refractivity contribution in [2.45, 2.75) is 37.3 Å². The number of nitrogens with zero attached hydrogens (tertiary/aromatic N) is 2.